The molecule has 3 rings (SSSR count). The Morgan fingerprint density at radius 1 is 1.00 bits per heavy atom. The Labute approximate surface area is 155 Å². The molecule has 0 aliphatic rings. The van der Waals surface area contributed by atoms with Crippen LogP contribution in [0, 0.1) is 25.5 Å². The molecule has 138 valence electrons. The van der Waals surface area contributed by atoms with Gasteiger partial charge in [0.05, 0.1) is 0 Å². The number of amides is 1. The lowest BCUT2D eigenvalue weighted by Crippen LogP contribution is -2.24. The number of para-hydroxylation sites is 1. The van der Waals surface area contributed by atoms with Crippen molar-refractivity contribution in [1.82, 2.24) is 15.3 Å². The van der Waals surface area contributed by atoms with E-state index in [1.165, 1.54) is 12.1 Å². The SMILES string of the molecule is Cc1ccc(CNC(=O)c2cc(C)nc(Nc3c(F)cccc3F)n2)cc1. The number of benzene rings is 2. The first-order valence-corrected chi connectivity index (χ1v) is 8.33. The first kappa shape index (κ1) is 18.4. The average molecular weight is 368 g/mol. The second-order valence-corrected chi connectivity index (χ2v) is 6.11. The second-order valence-electron chi connectivity index (χ2n) is 6.11. The maximum Gasteiger partial charge on any atom is 0.270 e. The molecule has 0 bridgehead atoms. The number of rotatable bonds is 5. The van der Waals surface area contributed by atoms with Crippen molar-refractivity contribution < 1.29 is 13.6 Å². The fraction of sp³-hybridized carbons (Fsp3) is 0.150. The van der Waals surface area contributed by atoms with Gasteiger partial charge in [-0.2, -0.15) is 0 Å². The molecule has 0 radical (unpaired) electrons. The molecule has 0 spiro atoms. The third kappa shape index (κ3) is 4.63. The smallest absolute Gasteiger partial charge is 0.270 e. The third-order valence-corrected chi connectivity index (χ3v) is 3.86. The Morgan fingerprint density at radius 2 is 1.67 bits per heavy atom. The summed E-state index contributed by atoms with van der Waals surface area (Å²) in [4.78, 5) is 20.6. The normalized spacial score (nSPS) is 10.5. The van der Waals surface area contributed by atoms with Crippen LogP contribution >= 0.6 is 0 Å². The first-order valence-electron chi connectivity index (χ1n) is 8.33. The lowest BCUT2D eigenvalue weighted by Gasteiger charge is -2.10. The Bertz CT molecular complexity index is 954. The van der Waals surface area contributed by atoms with Crippen LogP contribution in [0.4, 0.5) is 20.4 Å². The van der Waals surface area contributed by atoms with Gasteiger partial charge in [-0.15, -0.1) is 0 Å². The van der Waals surface area contributed by atoms with Gasteiger partial charge in [0, 0.05) is 12.2 Å². The van der Waals surface area contributed by atoms with Crippen molar-refractivity contribution in [3.8, 4) is 0 Å². The van der Waals surface area contributed by atoms with Gasteiger partial charge in [0.25, 0.3) is 5.91 Å². The van der Waals surface area contributed by atoms with E-state index in [0.29, 0.717) is 12.2 Å². The molecule has 1 heterocycles. The fourth-order valence-electron chi connectivity index (χ4n) is 2.45. The van der Waals surface area contributed by atoms with Crippen LogP contribution in [-0.4, -0.2) is 15.9 Å². The van der Waals surface area contributed by atoms with E-state index in [-0.39, 0.29) is 17.3 Å². The van der Waals surface area contributed by atoms with Crippen LogP contribution in [0.15, 0.2) is 48.5 Å². The molecule has 1 aromatic heterocycles. The van der Waals surface area contributed by atoms with Gasteiger partial charge in [-0.1, -0.05) is 35.9 Å². The van der Waals surface area contributed by atoms with Crippen LogP contribution in [0.2, 0.25) is 0 Å². The molecule has 0 saturated carbocycles. The van der Waals surface area contributed by atoms with E-state index in [0.717, 1.165) is 23.3 Å². The van der Waals surface area contributed by atoms with Crippen molar-refractivity contribution >= 4 is 17.5 Å². The maximum absolute atomic E-state index is 13.8. The van der Waals surface area contributed by atoms with Gasteiger partial charge in [-0.05, 0) is 37.6 Å². The summed E-state index contributed by atoms with van der Waals surface area (Å²) >= 11 is 0. The van der Waals surface area contributed by atoms with Crippen LogP contribution in [0.3, 0.4) is 0 Å². The lowest BCUT2D eigenvalue weighted by molar-refractivity contribution is 0.0945. The standard InChI is InChI=1S/C20H18F2N4O/c1-12-6-8-14(9-7-12)11-23-19(27)17-10-13(2)24-20(25-17)26-18-15(21)4-3-5-16(18)22/h3-10H,11H2,1-2H3,(H,23,27)(H,24,25,26). The number of carbonyl (C=O) groups is 1. The number of nitrogens with one attached hydrogen (secondary N) is 2. The number of aryl methyl sites for hydroxylation is 2. The Balaban J connectivity index is 1.76. The first-order chi connectivity index (χ1) is 12.9. The minimum atomic E-state index is -0.773. The molecule has 7 heteroatoms. The molecule has 2 aromatic carbocycles. The molecule has 0 fully saturated rings. The van der Waals surface area contributed by atoms with Crippen molar-refractivity contribution in [3.05, 3.63) is 82.7 Å². The fourth-order valence-corrected chi connectivity index (χ4v) is 2.45. The van der Waals surface area contributed by atoms with Crippen molar-refractivity contribution in [2.24, 2.45) is 0 Å². The Morgan fingerprint density at radius 3 is 2.33 bits per heavy atom. The zero-order valence-corrected chi connectivity index (χ0v) is 14.9. The van der Waals surface area contributed by atoms with E-state index < -0.39 is 17.5 Å². The van der Waals surface area contributed by atoms with Crippen LogP contribution in [0.25, 0.3) is 0 Å². The molecule has 0 unspecified atom stereocenters. The highest BCUT2D eigenvalue weighted by Gasteiger charge is 2.14. The highest BCUT2D eigenvalue weighted by Crippen LogP contribution is 2.21. The van der Waals surface area contributed by atoms with Crippen LogP contribution in [0.1, 0.15) is 27.3 Å². The Kier molecular flexibility index (Phi) is 5.40. The van der Waals surface area contributed by atoms with Crippen molar-refractivity contribution in [3.63, 3.8) is 0 Å². The molecule has 0 atom stereocenters. The van der Waals surface area contributed by atoms with Crippen LogP contribution in [0.5, 0.6) is 0 Å². The minimum Gasteiger partial charge on any atom is -0.347 e. The van der Waals surface area contributed by atoms with Crippen molar-refractivity contribution in [2.75, 3.05) is 5.32 Å². The summed E-state index contributed by atoms with van der Waals surface area (Å²) in [6, 6.07) is 12.8. The average Bonchev–Trinajstić information content (AvgIpc) is 2.64. The lowest BCUT2D eigenvalue weighted by atomic mass is 10.1. The van der Waals surface area contributed by atoms with E-state index in [4.69, 9.17) is 0 Å². The van der Waals surface area contributed by atoms with Crippen LogP contribution < -0.4 is 10.6 Å². The molecule has 0 aliphatic heterocycles. The van der Waals surface area contributed by atoms with E-state index in [2.05, 4.69) is 20.6 Å². The van der Waals surface area contributed by atoms with Gasteiger partial charge >= 0.3 is 0 Å². The van der Waals surface area contributed by atoms with Gasteiger partial charge in [0.2, 0.25) is 5.95 Å². The molecule has 0 saturated heterocycles. The van der Waals surface area contributed by atoms with E-state index in [1.54, 1.807) is 6.92 Å². The molecule has 5 nitrogen and oxygen atoms in total. The molecule has 27 heavy (non-hydrogen) atoms. The zero-order valence-electron chi connectivity index (χ0n) is 14.9. The van der Waals surface area contributed by atoms with Crippen LogP contribution in [-0.2, 0) is 6.54 Å². The predicted molar refractivity (Wildman–Crippen MR) is 98.8 cm³/mol. The maximum atomic E-state index is 13.8. The molecular formula is C20H18F2N4O. The predicted octanol–water partition coefficient (Wildman–Crippen LogP) is 4.05. The monoisotopic (exact) mass is 368 g/mol. The highest BCUT2D eigenvalue weighted by atomic mass is 19.1. The van der Waals surface area contributed by atoms with Gasteiger partial charge in [-0.25, -0.2) is 18.7 Å². The van der Waals surface area contributed by atoms with Gasteiger partial charge in [0.15, 0.2) is 0 Å². The number of hydrogen-bond donors (Lipinski definition) is 2. The van der Waals surface area contributed by atoms with E-state index in [9.17, 15) is 13.6 Å². The summed E-state index contributed by atoms with van der Waals surface area (Å²) in [5.41, 5.74) is 2.31. The second kappa shape index (κ2) is 7.90. The summed E-state index contributed by atoms with van der Waals surface area (Å²) in [7, 11) is 0. The summed E-state index contributed by atoms with van der Waals surface area (Å²) in [5.74, 6) is -2.01. The largest absolute Gasteiger partial charge is 0.347 e. The summed E-state index contributed by atoms with van der Waals surface area (Å²) < 4.78 is 27.6. The third-order valence-electron chi connectivity index (χ3n) is 3.86. The molecule has 0 aliphatic carbocycles. The number of halogens is 2. The summed E-state index contributed by atoms with van der Waals surface area (Å²) in [5, 5.41) is 5.28. The number of carbonyl (C=O) groups excluding carboxylic acids is 1. The number of nitrogens with zero attached hydrogens (tertiary/aromatic N) is 2. The highest BCUT2D eigenvalue weighted by molar-refractivity contribution is 5.92. The van der Waals surface area contributed by atoms with Gasteiger partial charge in [0.1, 0.15) is 23.0 Å². The number of anilines is 2. The minimum absolute atomic E-state index is 0.0560. The Hall–Kier alpha value is -3.35. The van der Waals surface area contributed by atoms with E-state index >= 15 is 0 Å². The number of hydrogen-bond acceptors (Lipinski definition) is 4. The molecule has 3 aromatic rings. The molecule has 2 N–H and O–H groups in total. The molecular weight excluding hydrogens is 350 g/mol. The zero-order chi connectivity index (χ0) is 19.4. The summed E-state index contributed by atoms with van der Waals surface area (Å²) in [6.07, 6.45) is 0. The molecule has 1 amide bonds. The van der Waals surface area contributed by atoms with E-state index in [1.807, 2.05) is 31.2 Å². The van der Waals surface area contributed by atoms with Gasteiger partial charge in [-0.3, -0.25) is 4.79 Å². The topological polar surface area (TPSA) is 66.9 Å². The number of aromatic nitrogens is 2. The van der Waals surface area contributed by atoms with Crippen molar-refractivity contribution in [2.45, 2.75) is 20.4 Å². The van der Waals surface area contributed by atoms with Gasteiger partial charge < -0.3 is 10.6 Å². The quantitative estimate of drug-likeness (QED) is 0.713. The summed E-state index contributed by atoms with van der Waals surface area (Å²) in [6.45, 7) is 3.99. The van der Waals surface area contributed by atoms with Crippen molar-refractivity contribution in [1.29, 1.82) is 0 Å².